The third-order valence-corrected chi connectivity index (χ3v) is 18.4. The number of nitrogens with zero attached hydrogens (tertiary/aromatic N) is 2. The molecule has 0 spiro atoms. The summed E-state index contributed by atoms with van der Waals surface area (Å²) in [5.41, 5.74) is 3.93. The second kappa shape index (κ2) is 32.3. The topological polar surface area (TPSA) is 71.7 Å². The molecule has 2 atom stereocenters. The molecule has 1 aromatic heterocycles. The van der Waals surface area contributed by atoms with Crippen LogP contribution in [-0.4, -0.2) is 51.9 Å². The van der Waals surface area contributed by atoms with Crippen molar-refractivity contribution in [3.05, 3.63) is 76.7 Å². The van der Waals surface area contributed by atoms with E-state index in [0.29, 0.717) is 0 Å². The second-order valence-corrected chi connectivity index (χ2v) is 25.4. The smallest absolute Gasteiger partial charge is 0.384 e. The zero-order valence-electron chi connectivity index (χ0n) is 38.2. The molecule has 0 aromatic carbocycles. The average molecular weight is 1210 g/mol. The van der Waals surface area contributed by atoms with E-state index in [1.165, 1.54) is 143 Å². The van der Waals surface area contributed by atoms with Gasteiger partial charge in [0.1, 0.15) is 11.8 Å². The van der Waals surface area contributed by atoms with Crippen LogP contribution in [-0.2, 0) is 65.3 Å². The molecule has 0 bridgehead atoms. The summed E-state index contributed by atoms with van der Waals surface area (Å²) in [7, 11) is -0.809. The van der Waals surface area contributed by atoms with E-state index in [1.807, 2.05) is 23.2 Å². The van der Waals surface area contributed by atoms with Gasteiger partial charge >= 0.3 is 11.9 Å². The third kappa shape index (κ3) is 23.0. The summed E-state index contributed by atoms with van der Waals surface area (Å²) in [5, 5.41) is 0. The van der Waals surface area contributed by atoms with Gasteiger partial charge in [-0.2, -0.15) is 0 Å². The molecule has 7 nitrogen and oxygen atoms in total. The van der Waals surface area contributed by atoms with E-state index in [0.717, 1.165) is 35.8 Å². The Balaban J connectivity index is 0. The Morgan fingerprint density at radius 1 is 0.593 bits per heavy atom. The van der Waals surface area contributed by atoms with Crippen LogP contribution < -0.4 is 0 Å². The molecule has 342 valence electrons. The molecular formula is C48H82N2O5Pt2Si2. The molecule has 0 aliphatic heterocycles. The van der Waals surface area contributed by atoms with Crippen molar-refractivity contribution in [2.75, 3.05) is 14.2 Å². The van der Waals surface area contributed by atoms with E-state index in [9.17, 15) is 9.59 Å². The van der Waals surface area contributed by atoms with Crippen molar-refractivity contribution in [1.82, 2.24) is 9.13 Å². The molecule has 1 aromatic rings. The van der Waals surface area contributed by atoms with Crippen molar-refractivity contribution in [3.8, 4) is 11.8 Å². The minimum atomic E-state index is -1.58. The number of carbonyl (C=O) groups excluding carboxylic acids is 2. The zero-order valence-corrected chi connectivity index (χ0v) is 44.8. The predicted octanol–water partition coefficient (Wildman–Crippen LogP) is 12.8. The van der Waals surface area contributed by atoms with E-state index in [-0.39, 0.29) is 57.0 Å². The van der Waals surface area contributed by atoms with Gasteiger partial charge in [-0.1, -0.05) is 88.4 Å². The fraction of sp³-hybridized carbons (Fsp3) is 0.667. The van der Waals surface area contributed by atoms with Gasteiger partial charge in [0, 0.05) is 65.8 Å². The molecular weight excluding hydrogens is 1130 g/mol. The first-order chi connectivity index (χ1) is 26.4. The first-order valence-electron chi connectivity index (χ1n) is 21.7. The Kier molecular flexibility index (Phi) is 32.6. The van der Waals surface area contributed by atoms with E-state index in [1.54, 1.807) is 0 Å². The Morgan fingerprint density at radius 2 is 0.898 bits per heavy atom. The number of rotatable bonds is 8. The van der Waals surface area contributed by atoms with E-state index in [2.05, 4.69) is 95.2 Å². The van der Waals surface area contributed by atoms with Crippen LogP contribution in [0.5, 0.6) is 0 Å². The summed E-state index contributed by atoms with van der Waals surface area (Å²) >= 11 is 0. The van der Waals surface area contributed by atoms with Crippen molar-refractivity contribution in [2.24, 2.45) is 23.7 Å². The Labute approximate surface area is 393 Å². The van der Waals surface area contributed by atoms with E-state index >= 15 is 0 Å². The van der Waals surface area contributed by atoms with E-state index < -0.39 is 28.6 Å². The molecule has 1 heterocycles. The maximum Gasteiger partial charge on any atom is 0.384 e. The van der Waals surface area contributed by atoms with Gasteiger partial charge in [0.25, 0.3) is 0 Å². The number of ether oxygens (including phenoxy) is 2. The molecule has 0 amide bonds. The fourth-order valence-electron chi connectivity index (χ4n) is 8.85. The van der Waals surface area contributed by atoms with Gasteiger partial charge in [0.2, 0.25) is 0 Å². The number of imidazole rings is 1. The summed E-state index contributed by atoms with van der Waals surface area (Å²) in [6.45, 7) is 16.2. The van der Waals surface area contributed by atoms with Crippen molar-refractivity contribution in [2.45, 2.75) is 167 Å². The maximum atomic E-state index is 10.2. The number of esters is 2. The summed E-state index contributed by atoms with van der Waals surface area (Å²) in [6.07, 6.45) is 43.8. The van der Waals surface area contributed by atoms with Crippen LogP contribution in [0.1, 0.15) is 141 Å². The molecule has 0 N–H and O–H groups in total. The van der Waals surface area contributed by atoms with Gasteiger partial charge in [-0.3, -0.25) is 0 Å². The fourth-order valence-corrected chi connectivity index (χ4v) is 14.9. The maximum absolute atomic E-state index is 10.2. The molecule has 5 aliphatic rings. The molecule has 0 saturated heterocycles. The third-order valence-electron chi connectivity index (χ3n) is 12.2. The number of carbonyl (C=O) groups is 2. The Morgan fingerprint density at radius 3 is 1.19 bits per heavy atom. The first kappa shape index (κ1) is 59.7. The normalized spacial score (nSPS) is 20.8. The molecule has 11 heteroatoms. The first-order valence-corrected chi connectivity index (χ1v) is 27.6. The van der Waals surface area contributed by atoms with Crippen LogP contribution in [0.2, 0.25) is 26.2 Å². The summed E-state index contributed by atoms with van der Waals surface area (Å²) in [5.74, 6) is 5.94. The minimum Gasteiger partial charge on any atom is -0.459 e. The quantitative estimate of drug-likeness (QED) is 0.0648. The minimum absolute atomic E-state index is 0. The van der Waals surface area contributed by atoms with E-state index in [4.69, 9.17) is 4.12 Å². The zero-order chi connectivity index (χ0) is 40.1. The number of hydrogen-bond donors (Lipinski definition) is 0. The number of allylic oxidation sites excluding steroid dienone is 2. The van der Waals surface area contributed by atoms with Crippen LogP contribution in [0.3, 0.4) is 0 Å². The molecule has 0 radical (unpaired) electrons. The van der Waals surface area contributed by atoms with Crippen molar-refractivity contribution in [3.63, 3.8) is 0 Å². The summed E-state index contributed by atoms with van der Waals surface area (Å²) in [6, 6.07) is 1.57. The van der Waals surface area contributed by atoms with Crippen LogP contribution in [0, 0.1) is 56.8 Å². The Hall–Kier alpha value is -1.43. The van der Waals surface area contributed by atoms with Crippen LogP contribution in [0.25, 0.3) is 0 Å². The summed E-state index contributed by atoms with van der Waals surface area (Å²) in [4.78, 5) is 20.5. The standard InChI is InChI=1S/C17H27.C15H25N2.C8H18OSi2.C6H6O4.2CH3.2Pt/c2*1-3-7-14(8-4-1)16-11-12-17(13-16)15-9-5-2-6-10-15;1-7-10(3,4)9-11(5,6)8-2;1-9-5(7)3-4-6(8)10-2;;;;/h11-17H,1-10H2;11-15H,1-10H2;7-8H,1-2H2,3-6H3;1-2H3;2*1H3;;/q2*+1;;;2*-1;;. The van der Waals surface area contributed by atoms with Gasteiger partial charge in [0.15, 0.2) is 35.4 Å². The molecule has 5 aliphatic carbocycles. The number of methoxy groups -OCH3 is 2. The number of aromatic nitrogens is 2. The molecule has 4 fully saturated rings. The largest absolute Gasteiger partial charge is 0.459 e. The second-order valence-electron chi connectivity index (χ2n) is 17.4. The SMILES string of the molecule is C1=CC(C2CCCCC2)[CH+]C1C1CCCCC1.C=C[Si](C)(C)O[Si](C)(C)C=C.COC(=O)C#CC(=O)OC.[CH3-].[CH3-].[Pt].[Pt].c1cn(C2CCCCC2)[cH+]n1C1CCCCC1. The molecule has 2 unspecified atom stereocenters. The van der Waals surface area contributed by atoms with Gasteiger partial charge < -0.3 is 28.4 Å². The van der Waals surface area contributed by atoms with Crippen molar-refractivity contribution >= 4 is 28.6 Å². The van der Waals surface area contributed by atoms with Gasteiger partial charge in [-0.05, 0) is 89.7 Å². The van der Waals surface area contributed by atoms with Gasteiger partial charge in [-0.15, -0.1) is 13.2 Å². The molecule has 59 heavy (non-hydrogen) atoms. The van der Waals surface area contributed by atoms with Crippen LogP contribution >= 0.6 is 0 Å². The summed E-state index contributed by atoms with van der Waals surface area (Å²) < 4.78 is 19.2. The van der Waals surface area contributed by atoms with Gasteiger partial charge in [-0.25, -0.2) is 18.7 Å². The Bertz CT molecular complexity index is 1300. The van der Waals surface area contributed by atoms with Gasteiger partial charge in [0.05, 0.1) is 32.7 Å². The average Bonchev–Trinajstić information content (AvgIpc) is 3.93. The van der Waals surface area contributed by atoms with Crippen molar-refractivity contribution < 1.29 is 65.3 Å². The molecule has 4 saturated carbocycles. The number of hydrogen-bond acceptors (Lipinski definition) is 5. The monoisotopic (exact) mass is 1210 g/mol. The van der Waals surface area contributed by atoms with Crippen LogP contribution in [0.4, 0.5) is 0 Å². The molecule has 6 rings (SSSR count). The van der Waals surface area contributed by atoms with Crippen LogP contribution in [0.15, 0.2) is 55.4 Å². The van der Waals surface area contributed by atoms with Crippen molar-refractivity contribution in [1.29, 1.82) is 0 Å². The predicted molar refractivity (Wildman–Crippen MR) is 246 cm³/mol.